The number of halogens is 1. The van der Waals surface area contributed by atoms with E-state index in [0.29, 0.717) is 17.7 Å². The molecule has 4 atom stereocenters. The van der Waals surface area contributed by atoms with Gasteiger partial charge in [-0.1, -0.05) is 13.8 Å². The third kappa shape index (κ3) is 4.13. The summed E-state index contributed by atoms with van der Waals surface area (Å²) >= 11 is 0. The Bertz CT molecular complexity index is 473. The molecule has 4 unspecified atom stereocenters. The van der Waals surface area contributed by atoms with Gasteiger partial charge in [0.05, 0.1) is 5.92 Å². The highest BCUT2D eigenvalue weighted by molar-refractivity contribution is 5.85. The fourth-order valence-electron chi connectivity index (χ4n) is 5.16. The molecule has 0 radical (unpaired) electrons. The number of carbonyl (C=O) groups is 2. The van der Waals surface area contributed by atoms with Crippen LogP contribution in [0.5, 0.6) is 0 Å². The lowest BCUT2D eigenvalue weighted by Gasteiger charge is -2.35. The number of carbonyl (C=O) groups excluding carboxylic acids is 2. The van der Waals surface area contributed by atoms with Crippen LogP contribution in [0.1, 0.15) is 58.8 Å². The fraction of sp³-hybridized carbons (Fsp3) is 0.895. The second-order valence-electron chi connectivity index (χ2n) is 8.06. The summed E-state index contributed by atoms with van der Waals surface area (Å²) in [4.78, 5) is 27.1. The van der Waals surface area contributed by atoms with Gasteiger partial charge in [0, 0.05) is 31.1 Å². The molecule has 2 saturated carbocycles. The zero-order valence-electron chi connectivity index (χ0n) is 15.6. The summed E-state index contributed by atoms with van der Waals surface area (Å²) in [7, 11) is 0. The van der Waals surface area contributed by atoms with E-state index in [1.165, 1.54) is 12.8 Å². The van der Waals surface area contributed by atoms with E-state index < -0.39 is 0 Å². The average molecular weight is 372 g/mol. The lowest BCUT2D eigenvalue weighted by molar-refractivity contribution is -0.137. The zero-order valence-corrected chi connectivity index (χ0v) is 16.4. The smallest absolute Gasteiger partial charge is 0.225 e. The number of hydrogen-bond acceptors (Lipinski definition) is 3. The van der Waals surface area contributed by atoms with Crippen LogP contribution in [0.2, 0.25) is 0 Å². The summed E-state index contributed by atoms with van der Waals surface area (Å²) in [5.41, 5.74) is 6.28. The van der Waals surface area contributed by atoms with Crippen molar-refractivity contribution in [1.82, 2.24) is 10.2 Å². The Labute approximate surface area is 157 Å². The molecule has 3 rings (SSSR count). The highest BCUT2D eigenvalue weighted by Crippen LogP contribution is 2.47. The maximum absolute atomic E-state index is 12.7. The quantitative estimate of drug-likeness (QED) is 0.778. The number of nitrogens with one attached hydrogen (secondary N) is 1. The van der Waals surface area contributed by atoms with Crippen LogP contribution in [-0.2, 0) is 9.59 Å². The summed E-state index contributed by atoms with van der Waals surface area (Å²) in [6.07, 6.45) is 7.07. The minimum Gasteiger partial charge on any atom is -0.353 e. The Morgan fingerprint density at radius 3 is 2.20 bits per heavy atom. The summed E-state index contributed by atoms with van der Waals surface area (Å²) in [6, 6.07) is 0.259. The van der Waals surface area contributed by atoms with Crippen LogP contribution in [0.3, 0.4) is 0 Å². The van der Waals surface area contributed by atoms with Crippen molar-refractivity contribution >= 4 is 24.2 Å². The molecule has 25 heavy (non-hydrogen) atoms. The molecule has 1 aliphatic heterocycles. The van der Waals surface area contributed by atoms with Crippen LogP contribution < -0.4 is 11.1 Å². The molecule has 0 spiro atoms. The van der Waals surface area contributed by atoms with E-state index in [9.17, 15) is 9.59 Å². The molecule has 0 aromatic heterocycles. The standard InChI is InChI=1S/C19H33N3O2.ClH/c1-3-12(4-2)19(24)22-9-7-15(8-10-22)21-18(23)16-13-5-6-14(11-13)17(16)20;/h12-17H,3-11,20H2,1-2H3,(H,21,23);1H. The van der Waals surface area contributed by atoms with Crippen molar-refractivity contribution in [2.75, 3.05) is 13.1 Å². The number of hydrogen-bond donors (Lipinski definition) is 2. The number of piperidine rings is 1. The molecule has 2 aliphatic carbocycles. The van der Waals surface area contributed by atoms with Gasteiger partial charge in [0.15, 0.2) is 0 Å². The molecule has 144 valence electrons. The van der Waals surface area contributed by atoms with Gasteiger partial charge in [-0.25, -0.2) is 0 Å². The second kappa shape index (κ2) is 8.72. The Balaban J connectivity index is 0.00000225. The maximum Gasteiger partial charge on any atom is 0.225 e. The van der Waals surface area contributed by atoms with Gasteiger partial charge in [0.1, 0.15) is 0 Å². The molecule has 6 heteroatoms. The molecular weight excluding hydrogens is 338 g/mol. The van der Waals surface area contributed by atoms with E-state index in [-0.39, 0.29) is 42.2 Å². The fourth-order valence-corrected chi connectivity index (χ4v) is 5.16. The molecule has 3 aliphatic rings. The van der Waals surface area contributed by atoms with Gasteiger partial charge in [0.25, 0.3) is 0 Å². The van der Waals surface area contributed by atoms with Gasteiger partial charge in [-0.2, -0.15) is 0 Å². The van der Waals surface area contributed by atoms with Crippen molar-refractivity contribution in [2.24, 2.45) is 29.4 Å². The van der Waals surface area contributed by atoms with Crippen LogP contribution >= 0.6 is 12.4 Å². The molecule has 5 nitrogen and oxygen atoms in total. The summed E-state index contributed by atoms with van der Waals surface area (Å²) in [5, 5.41) is 3.24. The first-order chi connectivity index (χ1) is 11.5. The number of nitrogens with two attached hydrogens (primary N) is 1. The summed E-state index contributed by atoms with van der Waals surface area (Å²) in [6.45, 7) is 5.70. The van der Waals surface area contributed by atoms with E-state index in [2.05, 4.69) is 19.2 Å². The van der Waals surface area contributed by atoms with Gasteiger partial charge < -0.3 is 16.0 Å². The van der Waals surface area contributed by atoms with Crippen LogP contribution in [0, 0.1) is 23.7 Å². The number of likely N-dealkylation sites (tertiary alicyclic amines) is 1. The Morgan fingerprint density at radius 2 is 1.68 bits per heavy atom. The van der Waals surface area contributed by atoms with Crippen LogP contribution in [-0.4, -0.2) is 41.9 Å². The van der Waals surface area contributed by atoms with Crippen molar-refractivity contribution < 1.29 is 9.59 Å². The molecule has 0 aromatic rings. The molecule has 0 aromatic carbocycles. The molecular formula is C19H34ClN3O2. The van der Waals surface area contributed by atoms with E-state index in [0.717, 1.165) is 45.2 Å². The largest absolute Gasteiger partial charge is 0.353 e. The first kappa shape index (κ1) is 20.5. The van der Waals surface area contributed by atoms with Gasteiger partial charge in [-0.05, 0) is 56.8 Å². The molecule has 2 amide bonds. The van der Waals surface area contributed by atoms with E-state index >= 15 is 0 Å². The predicted molar refractivity (Wildman–Crippen MR) is 101 cm³/mol. The second-order valence-corrected chi connectivity index (χ2v) is 8.06. The highest BCUT2D eigenvalue weighted by Gasteiger charge is 2.49. The van der Waals surface area contributed by atoms with Crippen molar-refractivity contribution in [3.8, 4) is 0 Å². The number of fused-ring (bicyclic) bond motifs is 2. The lowest BCUT2D eigenvalue weighted by atomic mass is 9.84. The Kier molecular flexibility index (Phi) is 7.15. The monoisotopic (exact) mass is 371 g/mol. The van der Waals surface area contributed by atoms with Crippen LogP contribution in [0.25, 0.3) is 0 Å². The van der Waals surface area contributed by atoms with Gasteiger partial charge in [-0.15, -0.1) is 12.4 Å². The van der Waals surface area contributed by atoms with Crippen molar-refractivity contribution in [3.63, 3.8) is 0 Å². The SMILES string of the molecule is CCC(CC)C(=O)N1CCC(NC(=O)C2C3CCC(C3)C2N)CC1.Cl. The third-order valence-corrected chi connectivity index (χ3v) is 6.77. The zero-order chi connectivity index (χ0) is 17.3. The first-order valence-corrected chi connectivity index (χ1v) is 9.89. The van der Waals surface area contributed by atoms with Crippen molar-refractivity contribution in [3.05, 3.63) is 0 Å². The molecule has 3 fully saturated rings. The molecule has 3 N–H and O–H groups in total. The summed E-state index contributed by atoms with van der Waals surface area (Å²) in [5.74, 6) is 1.70. The number of nitrogens with zero attached hydrogens (tertiary/aromatic N) is 1. The Morgan fingerprint density at radius 1 is 1.08 bits per heavy atom. The van der Waals surface area contributed by atoms with E-state index in [1.807, 2.05) is 4.90 Å². The van der Waals surface area contributed by atoms with E-state index in [1.54, 1.807) is 0 Å². The maximum atomic E-state index is 12.7. The van der Waals surface area contributed by atoms with E-state index in [4.69, 9.17) is 5.73 Å². The Hall–Kier alpha value is -0.810. The number of rotatable bonds is 5. The lowest BCUT2D eigenvalue weighted by Crippen LogP contribution is -2.52. The average Bonchev–Trinajstić information content (AvgIpc) is 3.17. The number of amides is 2. The molecule has 1 saturated heterocycles. The van der Waals surface area contributed by atoms with Crippen LogP contribution in [0.15, 0.2) is 0 Å². The molecule has 1 heterocycles. The highest BCUT2D eigenvalue weighted by atomic mass is 35.5. The van der Waals surface area contributed by atoms with Gasteiger partial charge >= 0.3 is 0 Å². The van der Waals surface area contributed by atoms with Crippen LogP contribution in [0.4, 0.5) is 0 Å². The molecule has 2 bridgehead atoms. The van der Waals surface area contributed by atoms with Gasteiger partial charge in [-0.3, -0.25) is 9.59 Å². The van der Waals surface area contributed by atoms with Gasteiger partial charge in [0.2, 0.25) is 11.8 Å². The van der Waals surface area contributed by atoms with Crippen molar-refractivity contribution in [1.29, 1.82) is 0 Å². The van der Waals surface area contributed by atoms with Crippen molar-refractivity contribution in [2.45, 2.75) is 70.9 Å². The minimum absolute atomic E-state index is 0. The third-order valence-electron chi connectivity index (χ3n) is 6.77. The predicted octanol–water partition coefficient (Wildman–Crippen LogP) is 2.33. The first-order valence-electron chi connectivity index (χ1n) is 9.89. The topological polar surface area (TPSA) is 75.4 Å². The minimum atomic E-state index is 0. The summed E-state index contributed by atoms with van der Waals surface area (Å²) < 4.78 is 0. The normalized spacial score (nSPS) is 31.9.